The maximum Gasteiger partial charge on any atom is 0.408 e. The highest BCUT2D eigenvalue weighted by Crippen LogP contribution is 2.23. The van der Waals surface area contributed by atoms with Gasteiger partial charge in [0.1, 0.15) is 11.2 Å². The van der Waals surface area contributed by atoms with Gasteiger partial charge in [-0.2, -0.15) is 0 Å². The second-order valence-corrected chi connectivity index (χ2v) is 15.8. The number of carboxylic acid groups (broad SMARTS) is 1. The largest absolute Gasteiger partial charge is 0.479 e. The van der Waals surface area contributed by atoms with Crippen molar-refractivity contribution in [2.75, 3.05) is 7.11 Å². The number of aliphatic carboxylic acids is 1. The zero-order valence-corrected chi connectivity index (χ0v) is 35.1. The molecule has 0 spiro atoms. The number of rotatable bonds is 8. The van der Waals surface area contributed by atoms with Crippen molar-refractivity contribution in [3.8, 4) is 0 Å². The third kappa shape index (κ3) is 23.5. The van der Waals surface area contributed by atoms with Crippen molar-refractivity contribution in [1.29, 1.82) is 0 Å². The number of alkyl carbamates (subject to hydrolysis) is 2. The van der Waals surface area contributed by atoms with E-state index in [0.29, 0.717) is 21.2 Å². The second kappa shape index (κ2) is 28.0. The number of esters is 1. The minimum Gasteiger partial charge on any atom is -0.479 e. The standard InChI is InChI=1S/C14H18ClNO4.C13H16ClNO4.C12H23N.C2H6.2CH4/c1-14(2,3)20-13(18)16-11(12(17)19-4)9-5-7-10(15)8-6-9;1-13(2,3)19-12(18)15-10(11(16)17)8-4-6-9(14)7-5-8;1-3-7-11(8-4-1)13-12-9-5-2-6-10-12;1-2;;/h5-8,11H,1-4H3,(H,16,18);4-7,10H,1-3H3,(H,15,18)(H,16,17);11-13H,1-10H2;1-2H3;2*1H4/t11-;10-;;;;/m11..../s1. The van der Waals surface area contributed by atoms with Gasteiger partial charge >= 0.3 is 24.1 Å². The van der Waals surface area contributed by atoms with Gasteiger partial charge in [0.05, 0.1) is 7.11 Å². The van der Waals surface area contributed by atoms with Crippen LogP contribution in [-0.4, -0.2) is 59.6 Å². The highest BCUT2D eigenvalue weighted by Gasteiger charge is 2.27. The molecule has 0 aromatic heterocycles. The van der Waals surface area contributed by atoms with Crippen molar-refractivity contribution >= 4 is 47.3 Å². The van der Waals surface area contributed by atoms with Gasteiger partial charge in [-0.25, -0.2) is 19.2 Å². The predicted octanol–water partition coefficient (Wildman–Crippen LogP) is 11.6. The highest BCUT2D eigenvalue weighted by molar-refractivity contribution is 6.30. The van der Waals surface area contributed by atoms with Crippen LogP contribution in [0.2, 0.25) is 10.0 Å². The van der Waals surface area contributed by atoms with Crippen LogP contribution >= 0.6 is 23.2 Å². The summed E-state index contributed by atoms with van der Waals surface area (Å²) in [6.45, 7) is 14.3. The first-order valence-electron chi connectivity index (χ1n) is 18.9. The molecule has 4 rings (SSSR count). The molecule has 4 N–H and O–H groups in total. The lowest BCUT2D eigenvalue weighted by molar-refractivity contribution is -0.143. The third-order valence-corrected chi connectivity index (χ3v) is 8.60. The van der Waals surface area contributed by atoms with E-state index >= 15 is 0 Å². The normalized spacial score (nSPS) is 15.3. The molecule has 13 heteroatoms. The van der Waals surface area contributed by atoms with Crippen molar-refractivity contribution in [1.82, 2.24) is 16.0 Å². The molecule has 2 atom stereocenters. The van der Waals surface area contributed by atoms with Crippen LogP contribution in [0.5, 0.6) is 0 Å². The summed E-state index contributed by atoms with van der Waals surface area (Å²) in [5, 5.41) is 18.8. The van der Waals surface area contributed by atoms with Gasteiger partial charge in [-0.3, -0.25) is 0 Å². The summed E-state index contributed by atoms with van der Waals surface area (Å²) < 4.78 is 14.8. The van der Waals surface area contributed by atoms with Crippen LogP contribution in [0.4, 0.5) is 9.59 Å². The Balaban J connectivity index is 0. The average molecular weight is 829 g/mol. The molecule has 2 aromatic carbocycles. The van der Waals surface area contributed by atoms with Crippen LogP contribution in [0, 0.1) is 0 Å². The number of hydrogen-bond donors (Lipinski definition) is 4. The van der Waals surface area contributed by atoms with Gasteiger partial charge in [0.15, 0.2) is 12.1 Å². The van der Waals surface area contributed by atoms with E-state index in [1.54, 1.807) is 90.1 Å². The van der Waals surface area contributed by atoms with E-state index in [9.17, 15) is 19.2 Å². The van der Waals surface area contributed by atoms with Gasteiger partial charge in [-0.05, 0) is 103 Å². The van der Waals surface area contributed by atoms with Gasteiger partial charge in [-0.1, -0.05) is 115 Å². The quantitative estimate of drug-likeness (QED) is 0.150. The highest BCUT2D eigenvalue weighted by atomic mass is 35.5. The number of hydrogen-bond acceptors (Lipinski definition) is 8. The summed E-state index contributed by atoms with van der Waals surface area (Å²) in [6.07, 6.45) is 13.1. The van der Waals surface area contributed by atoms with Crippen LogP contribution in [0.3, 0.4) is 0 Å². The lowest BCUT2D eigenvalue weighted by Crippen LogP contribution is -2.40. The van der Waals surface area contributed by atoms with E-state index in [4.69, 9.17) is 37.8 Å². The molecule has 2 amide bonds. The molecule has 11 nitrogen and oxygen atoms in total. The fourth-order valence-electron chi connectivity index (χ4n) is 5.72. The summed E-state index contributed by atoms with van der Waals surface area (Å²) in [6, 6.07) is 12.4. The van der Waals surface area contributed by atoms with Crippen molar-refractivity contribution in [2.45, 2.75) is 170 Å². The Bertz CT molecular complexity index is 1380. The van der Waals surface area contributed by atoms with Crippen molar-refractivity contribution in [3.63, 3.8) is 0 Å². The summed E-state index contributed by atoms with van der Waals surface area (Å²) in [4.78, 5) is 46.3. The average Bonchev–Trinajstić information content (AvgIpc) is 3.11. The van der Waals surface area contributed by atoms with Crippen LogP contribution in [0.15, 0.2) is 48.5 Å². The Morgan fingerprint density at radius 2 is 0.946 bits per heavy atom. The van der Waals surface area contributed by atoms with Gasteiger partial charge < -0.3 is 35.3 Å². The topological polar surface area (TPSA) is 152 Å². The van der Waals surface area contributed by atoms with E-state index < -0.39 is 47.4 Å². The number of ether oxygens (including phenoxy) is 3. The van der Waals surface area contributed by atoms with Crippen LogP contribution < -0.4 is 16.0 Å². The molecule has 0 saturated heterocycles. The maximum absolute atomic E-state index is 11.8. The molecule has 0 unspecified atom stereocenters. The molecule has 2 aliphatic rings. The molecule has 56 heavy (non-hydrogen) atoms. The van der Waals surface area contributed by atoms with Gasteiger partial charge in [-0.15, -0.1) is 0 Å². The van der Waals surface area contributed by atoms with E-state index in [1.165, 1.54) is 71.3 Å². The molecule has 0 heterocycles. The monoisotopic (exact) mass is 827 g/mol. The molecule has 2 fully saturated rings. The number of halogens is 2. The third-order valence-electron chi connectivity index (χ3n) is 8.09. The minimum absolute atomic E-state index is 0. The first-order chi connectivity index (χ1) is 25.4. The van der Waals surface area contributed by atoms with Crippen LogP contribution in [-0.2, 0) is 23.8 Å². The number of carbonyl (C=O) groups excluding carboxylic acids is 3. The molecular formula is C43H71Cl2N3O8. The number of methoxy groups -OCH3 is 1. The van der Waals surface area contributed by atoms with E-state index in [1.807, 2.05) is 13.8 Å². The molecule has 0 aliphatic heterocycles. The van der Waals surface area contributed by atoms with Gasteiger partial charge in [0.2, 0.25) is 0 Å². The first kappa shape index (κ1) is 54.6. The number of carbonyl (C=O) groups is 4. The second-order valence-electron chi connectivity index (χ2n) is 15.0. The first-order valence-corrected chi connectivity index (χ1v) is 19.7. The molecule has 2 aliphatic carbocycles. The maximum atomic E-state index is 11.8. The number of nitrogens with one attached hydrogen (secondary N) is 3. The van der Waals surface area contributed by atoms with Gasteiger partial charge in [0.25, 0.3) is 0 Å². The fourth-order valence-corrected chi connectivity index (χ4v) is 5.97. The molecular weight excluding hydrogens is 757 g/mol. The summed E-state index contributed by atoms with van der Waals surface area (Å²) >= 11 is 11.5. The Hall–Kier alpha value is -3.54. The molecule has 2 saturated carbocycles. The van der Waals surface area contributed by atoms with E-state index in [0.717, 1.165) is 12.1 Å². The lowest BCUT2D eigenvalue weighted by atomic mass is 9.91. The van der Waals surface area contributed by atoms with Crippen LogP contribution in [0.25, 0.3) is 0 Å². The number of amides is 2. The SMILES string of the molecule is C.C.C1CCC(NC2CCCCC2)CC1.CC.CC(C)(C)OC(=O)N[C@@H](C(=O)O)c1ccc(Cl)cc1.COC(=O)[C@H](NC(=O)OC(C)(C)C)c1ccc(Cl)cc1. The van der Waals surface area contributed by atoms with E-state index in [-0.39, 0.29) is 14.9 Å². The predicted molar refractivity (Wildman–Crippen MR) is 228 cm³/mol. The molecule has 2 aromatic rings. The minimum atomic E-state index is -1.17. The van der Waals surface area contributed by atoms with Crippen molar-refractivity contribution in [3.05, 3.63) is 69.7 Å². The molecule has 0 radical (unpaired) electrons. The number of benzene rings is 2. The molecule has 320 valence electrons. The van der Waals surface area contributed by atoms with Crippen molar-refractivity contribution < 1.29 is 38.5 Å². The Morgan fingerprint density at radius 1 is 0.625 bits per heavy atom. The smallest absolute Gasteiger partial charge is 0.408 e. The zero-order valence-electron chi connectivity index (χ0n) is 33.6. The lowest BCUT2D eigenvalue weighted by Gasteiger charge is -2.30. The summed E-state index contributed by atoms with van der Waals surface area (Å²) in [7, 11) is 1.25. The van der Waals surface area contributed by atoms with Crippen LogP contribution in [0.1, 0.15) is 158 Å². The number of carboxylic acids is 1. The zero-order chi connectivity index (χ0) is 40.9. The van der Waals surface area contributed by atoms with Crippen molar-refractivity contribution in [2.24, 2.45) is 0 Å². The Morgan fingerprint density at radius 3 is 1.25 bits per heavy atom. The summed E-state index contributed by atoms with van der Waals surface area (Å²) in [5.41, 5.74) is -0.354. The molecule has 0 bridgehead atoms. The summed E-state index contributed by atoms with van der Waals surface area (Å²) in [5.74, 6) is -1.76. The Kier molecular flexibility index (Phi) is 27.2. The Labute approximate surface area is 347 Å². The van der Waals surface area contributed by atoms with Gasteiger partial charge in [0, 0.05) is 22.1 Å². The fraction of sp³-hybridized carbons (Fsp3) is 0.628. The van der Waals surface area contributed by atoms with E-state index in [2.05, 4.69) is 20.7 Å².